The van der Waals surface area contributed by atoms with E-state index in [9.17, 15) is 0 Å². The van der Waals surface area contributed by atoms with E-state index in [1.807, 2.05) is 12.1 Å². The minimum Gasteiger partial charge on any atom is -0.496 e. The van der Waals surface area contributed by atoms with Crippen LogP contribution in [0.1, 0.15) is 18.4 Å². The van der Waals surface area contributed by atoms with Gasteiger partial charge in [0, 0.05) is 6.04 Å². The lowest BCUT2D eigenvalue weighted by atomic mass is 10.0. The van der Waals surface area contributed by atoms with Gasteiger partial charge in [0.1, 0.15) is 5.75 Å². The molecular weight excluding hydrogens is 174 g/mol. The molecule has 2 rings (SSSR count). The number of hydrogen-bond acceptors (Lipinski definition) is 2. The monoisotopic (exact) mass is 191 g/mol. The van der Waals surface area contributed by atoms with Gasteiger partial charge in [0.15, 0.2) is 0 Å². The number of methoxy groups -OCH3 is 1. The Morgan fingerprint density at radius 3 is 3.00 bits per heavy atom. The molecule has 1 aromatic rings. The molecule has 1 unspecified atom stereocenters. The molecule has 1 saturated heterocycles. The van der Waals surface area contributed by atoms with Crippen molar-refractivity contribution in [1.29, 1.82) is 0 Å². The van der Waals surface area contributed by atoms with Crippen molar-refractivity contribution in [3.8, 4) is 5.75 Å². The fourth-order valence-electron chi connectivity index (χ4n) is 2.07. The highest BCUT2D eigenvalue weighted by atomic mass is 16.5. The molecule has 0 spiro atoms. The van der Waals surface area contributed by atoms with E-state index >= 15 is 0 Å². The van der Waals surface area contributed by atoms with Crippen LogP contribution in [0, 0.1) is 0 Å². The summed E-state index contributed by atoms with van der Waals surface area (Å²) in [4.78, 5) is 0. The van der Waals surface area contributed by atoms with Crippen molar-refractivity contribution < 1.29 is 4.74 Å². The van der Waals surface area contributed by atoms with Crippen LogP contribution in [0.2, 0.25) is 0 Å². The Kier molecular flexibility index (Phi) is 3.04. The fraction of sp³-hybridized carbons (Fsp3) is 0.500. The highest BCUT2D eigenvalue weighted by molar-refractivity contribution is 5.33. The summed E-state index contributed by atoms with van der Waals surface area (Å²) in [5.74, 6) is 1.02. The van der Waals surface area contributed by atoms with E-state index < -0.39 is 0 Å². The van der Waals surface area contributed by atoms with Gasteiger partial charge in [0.2, 0.25) is 0 Å². The normalized spacial score (nSPS) is 21.1. The van der Waals surface area contributed by atoms with Crippen molar-refractivity contribution in [3.05, 3.63) is 29.8 Å². The van der Waals surface area contributed by atoms with Crippen LogP contribution in [0.15, 0.2) is 24.3 Å². The van der Waals surface area contributed by atoms with Gasteiger partial charge in [0.05, 0.1) is 7.11 Å². The molecule has 1 aliphatic heterocycles. The van der Waals surface area contributed by atoms with Crippen LogP contribution >= 0.6 is 0 Å². The quantitative estimate of drug-likeness (QED) is 0.789. The van der Waals surface area contributed by atoms with Gasteiger partial charge in [-0.25, -0.2) is 0 Å². The Hall–Kier alpha value is -1.02. The standard InChI is InChI=1S/C12H17NO/c1-14-12-7-3-2-5-10(12)9-11-6-4-8-13-11/h2-3,5,7,11,13H,4,6,8-9H2,1H3. The van der Waals surface area contributed by atoms with E-state index in [1.54, 1.807) is 7.11 Å². The Morgan fingerprint density at radius 2 is 2.29 bits per heavy atom. The van der Waals surface area contributed by atoms with Crippen molar-refractivity contribution in [2.24, 2.45) is 0 Å². The van der Waals surface area contributed by atoms with E-state index in [0.717, 1.165) is 12.2 Å². The minimum absolute atomic E-state index is 0.645. The molecule has 14 heavy (non-hydrogen) atoms. The summed E-state index contributed by atoms with van der Waals surface area (Å²) >= 11 is 0. The number of hydrogen-bond donors (Lipinski definition) is 1. The largest absolute Gasteiger partial charge is 0.496 e. The molecule has 0 aromatic heterocycles. The zero-order chi connectivity index (χ0) is 9.80. The van der Waals surface area contributed by atoms with Crippen LogP contribution in [-0.4, -0.2) is 19.7 Å². The van der Waals surface area contributed by atoms with Crippen LogP contribution < -0.4 is 10.1 Å². The number of ether oxygens (including phenoxy) is 1. The second-order valence-electron chi connectivity index (χ2n) is 3.81. The zero-order valence-electron chi connectivity index (χ0n) is 8.62. The summed E-state index contributed by atoms with van der Waals surface area (Å²) in [5, 5.41) is 3.50. The highest BCUT2D eigenvalue weighted by Crippen LogP contribution is 2.21. The van der Waals surface area contributed by atoms with E-state index in [4.69, 9.17) is 4.74 Å². The minimum atomic E-state index is 0.645. The summed E-state index contributed by atoms with van der Waals surface area (Å²) in [5.41, 5.74) is 1.31. The molecule has 0 radical (unpaired) electrons. The fourth-order valence-corrected chi connectivity index (χ4v) is 2.07. The summed E-state index contributed by atoms with van der Waals surface area (Å²) < 4.78 is 5.33. The van der Waals surface area contributed by atoms with E-state index in [-0.39, 0.29) is 0 Å². The van der Waals surface area contributed by atoms with Crippen molar-refractivity contribution in [1.82, 2.24) is 5.32 Å². The van der Waals surface area contributed by atoms with Gasteiger partial charge in [0.25, 0.3) is 0 Å². The third-order valence-corrected chi connectivity index (χ3v) is 2.82. The van der Waals surface area contributed by atoms with Gasteiger partial charge >= 0.3 is 0 Å². The third kappa shape index (κ3) is 2.07. The van der Waals surface area contributed by atoms with Crippen LogP contribution in [0.3, 0.4) is 0 Å². The summed E-state index contributed by atoms with van der Waals surface area (Å²) in [7, 11) is 1.74. The third-order valence-electron chi connectivity index (χ3n) is 2.82. The summed E-state index contributed by atoms with van der Waals surface area (Å²) in [6.45, 7) is 1.17. The maximum absolute atomic E-state index is 5.33. The number of para-hydroxylation sites is 1. The molecule has 1 heterocycles. The van der Waals surface area contributed by atoms with Gasteiger partial charge in [-0.15, -0.1) is 0 Å². The molecule has 0 bridgehead atoms. The summed E-state index contributed by atoms with van der Waals surface area (Å²) in [6, 6.07) is 8.92. The molecule has 0 aliphatic carbocycles. The molecule has 1 fully saturated rings. The van der Waals surface area contributed by atoms with Gasteiger partial charge in [-0.1, -0.05) is 18.2 Å². The van der Waals surface area contributed by atoms with Crippen molar-refractivity contribution in [2.45, 2.75) is 25.3 Å². The van der Waals surface area contributed by atoms with Gasteiger partial charge in [-0.05, 0) is 37.4 Å². The Bertz CT molecular complexity index is 292. The lowest BCUT2D eigenvalue weighted by Gasteiger charge is -2.12. The molecule has 76 valence electrons. The first-order valence-electron chi connectivity index (χ1n) is 5.25. The topological polar surface area (TPSA) is 21.3 Å². The Morgan fingerprint density at radius 1 is 1.43 bits per heavy atom. The predicted octanol–water partition coefficient (Wildman–Crippen LogP) is 1.99. The Labute approximate surface area is 85.3 Å². The molecule has 1 aliphatic rings. The molecule has 1 aromatic carbocycles. The zero-order valence-corrected chi connectivity index (χ0v) is 8.62. The van der Waals surface area contributed by atoms with Crippen LogP contribution in [0.5, 0.6) is 5.75 Å². The van der Waals surface area contributed by atoms with E-state index in [2.05, 4.69) is 17.4 Å². The number of benzene rings is 1. The molecule has 1 N–H and O–H groups in total. The maximum atomic E-state index is 5.33. The summed E-state index contributed by atoms with van der Waals surface area (Å²) in [6.07, 6.45) is 3.68. The molecule has 2 nitrogen and oxygen atoms in total. The average molecular weight is 191 g/mol. The Balaban J connectivity index is 2.07. The first-order chi connectivity index (χ1) is 6.90. The second-order valence-corrected chi connectivity index (χ2v) is 3.81. The first-order valence-corrected chi connectivity index (χ1v) is 5.25. The smallest absolute Gasteiger partial charge is 0.122 e. The van der Waals surface area contributed by atoms with Crippen LogP contribution in [-0.2, 0) is 6.42 Å². The second kappa shape index (κ2) is 4.47. The highest BCUT2D eigenvalue weighted by Gasteiger charge is 2.15. The molecule has 2 heteroatoms. The SMILES string of the molecule is COc1ccccc1CC1CCCN1. The average Bonchev–Trinajstić information content (AvgIpc) is 2.71. The molecule has 0 amide bonds. The van der Waals surface area contributed by atoms with Crippen molar-refractivity contribution in [2.75, 3.05) is 13.7 Å². The van der Waals surface area contributed by atoms with Crippen LogP contribution in [0.4, 0.5) is 0 Å². The lowest BCUT2D eigenvalue weighted by Crippen LogP contribution is -2.23. The van der Waals surface area contributed by atoms with Gasteiger partial charge < -0.3 is 10.1 Å². The van der Waals surface area contributed by atoms with E-state index in [0.29, 0.717) is 6.04 Å². The van der Waals surface area contributed by atoms with Crippen molar-refractivity contribution >= 4 is 0 Å². The van der Waals surface area contributed by atoms with Gasteiger partial charge in [-0.3, -0.25) is 0 Å². The van der Waals surface area contributed by atoms with Gasteiger partial charge in [-0.2, -0.15) is 0 Å². The number of nitrogens with one attached hydrogen (secondary N) is 1. The molecular formula is C12H17NO. The molecule has 0 saturated carbocycles. The maximum Gasteiger partial charge on any atom is 0.122 e. The predicted molar refractivity (Wildman–Crippen MR) is 57.7 cm³/mol. The first kappa shape index (κ1) is 9.53. The van der Waals surface area contributed by atoms with E-state index in [1.165, 1.54) is 24.9 Å². The molecule has 1 atom stereocenters. The van der Waals surface area contributed by atoms with Crippen molar-refractivity contribution in [3.63, 3.8) is 0 Å². The lowest BCUT2D eigenvalue weighted by molar-refractivity contribution is 0.407. The number of rotatable bonds is 3. The van der Waals surface area contributed by atoms with Crippen LogP contribution in [0.25, 0.3) is 0 Å².